The van der Waals surface area contributed by atoms with Crippen LogP contribution in [-0.2, 0) is 6.42 Å². The van der Waals surface area contributed by atoms with E-state index in [0.29, 0.717) is 5.03 Å². The molecule has 0 unspecified atom stereocenters. The van der Waals surface area contributed by atoms with Gasteiger partial charge in [0.05, 0.1) is 5.56 Å². The first-order valence-electron chi connectivity index (χ1n) is 5.00. The zero-order chi connectivity index (χ0) is 13.1. The molecule has 18 heavy (non-hydrogen) atoms. The van der Waals surface area contributed by atoms with E-state index in [9.17, 15) is 4.79 Å². The van der Waals surface area contributed by atoms with E-state index < -0.39 is 5.97 Å². The van der Waals surface area contributed by atoms with E-state index in [2.05, 4.69) is 14.3 Å². The lowest BCUT2D eigenvalue weighted by molar-refractivity contribution is 0.0696. The maximum Gasteiger partial charge on any atom is 0.335 e. The summed E-state index contributed by atoms with van der Waals surface area (Å²) in [5.41, 5.74) is 0.109. The van der Waals surface area contributed by atoms with Crippen molar-refractivity contribution in [2.75, 3.05) is 0 Å². The van der Waals surface area contributed by atoms with Gasteiger partial charge in [0.2, 0.25) is 0 Å². The summed E-state index contributed by atoms with van der Waals surface area (Å²) in [4.78, 5) is 19.2. The zero-order valence-electron chi connectivity index (χ0n) is 9.25. The van der Waals surface area contributed by atoms with Gasteiger partial charge in [-0.2, -0.15) is 4.37 Å². The molecule has 1 N–H and O–H groups in total. The fraction of sp³-hybridized carbons (Fsp3) is 0.200. The Labute approximate surface area is 116 Å². The molecule has 2 aromatic heterocycles. The molecule has 0 radical (unpaired) electrons. The Balaban J connectivity index is 2.25. The maximum absolute atomic E-state index is 10.9. The highest BCUT2D eigenvalue weighted by atomic mass is 35.5. The van der Waals surface area contributed by atoms with E-state index in [-0.39, 0.29) is 10.7 Å². The fourth-order valence-electron chi connectivity index (χ4n) is 1.16. The minimum atomic E-state index is -1.03. The van der Waals surface area contributed by atoms with Gasteiger partial charge < -0.3 is 5.11 Å². The second-order valence-electron chi connectivity index (χ2n) is 3.25. The van der Waals surface area contributed by atoms with E-state index in [0.717, 1.165) is 16.6 Å². The van der Waals surface area contributed by atoms with Crippen molar-refractivity contribution >= 4 is 40.9 Å². The van der Waals surface area contributed by atoms with Gasteiger partial charge in [0, 0.05) is 6.42 Å². The van der Waals surface area contributed by atoms with Crippen LogP contribution in [0.2, 0.25) is 5.15 Å². The van der Waals surface area contributed by atoms with Gasteiger partial charge in [-0.15, -0.1) is 0 Å². The highest BCUT2D eigenvalue weighted by Gasteiger charge is 2.11. The average Bonchev–Trinajstić information content (AvgIpc) is 2.76. The van der Waals surface area contributed by atoms with Crippen molar-refractivity contribution in [3.8, 4) is 0 Å². The number of nitrogens with zero attached hydrogens (tertiary/aromatic N) is 3. The van der Waals surface area contributed by atoms with Gasteiger partial charge in [0.25, 0.3) is 0 Å². The molecule has 2 rings (SSSR count). The van der Waals surface area contributed by atoms with Gasteiger partial charge in [-0.3, -0.25) is 0 Å². The molecule has 0 aliphatic rings. The third-order valence-electron chi connectivity index (χ3n) is 1.98. The lowest BCUT2D eigenvalue weighted by Crippen LogP contribution is -1.97. The Bertz CT molecular complexity index is 588. The predicted molar refractivity (Wildman–Crippen MR) is 69.6 cm³/mol. The molecule has 0 aliphatic heterocycles. The first kappa shape index (κ1) is 13.3. The zero-order valence-corrected chi connectivity index (χ0v) is 11.6. The topological polar surface area (TPSA) is 76.0 Å². The molecule has 0 aromatic carbocycles. The van der Waals surface area contributed by atoms with Gasteiger partial charge in [0.1, 0.15) is 16.0 Å². The van der Waals surface area contributed by atoms with Crippen molar-refractivity contribution in [3.05, 3.63) is 28.7 Å². The van der Waals surface area contributed by atoms with Gasteiger partial charge in [-0.25, -0.2) is 14.8 Å². The molecule has 0 spiro atoms. The Morgan fingerprint density at radius 1 is 1.50 bits per heavy atom. The van der Waals surface area contributed by atoms with Crippen molar-refractivity contribution in [1.82, 2.24) is 14.3 Å². The summed E-state index contributed by atoms with van der Waals surface area (Å²) in [5, 5.41) is 9.57. The molecule has 0 fully saturated rings. The second-order valence-corrected chi connectivity index (χ2v) is 5.66. The van der Waals surface area contributed by atoms with Crippen LogP contribution >= 0.6 is 34.9 Å². The highest BCUT2D eigenvalue weighted by Crippen LogP contribution is 2.29. The van der Waals surface area contributed by atoms with E-state index >= 15 is 0 Å². The van der Waals surface area contributed by atoms with Crippen LogP contribution in [0.5, 0.6) is 0 Å². The van der Waals surface area contributed by atoms with Crippen molar-refractivity contribution in [2.45, 2.75) is 22.7 Å². The molecule has 8 heteroatoms. The monoisotopic (exact) mass is 301 g/mol. The van der Waals surface area contributed by atoms with Crippen LogP contribution < -0.4 is 0 Å². The maximum atomic E-state index is 10.9. The molecule has 0 atom stereocenters. The number of aryl methyl sites for hydroxylation is 1. The molecule has 2 aromatic rings. The normalized spacial score (nSPS) is 10.6. The van der Waals surface area contributed by atoms with Crippen molar-refractivity contribution in [1.29, 1.82) is 0 Å². The molecular weight excluding hydrogens is 294 g/mol. The second kappa shape index (κ2) is 5.64. The van der Waals surface area contributed by atoms with Crippen molar-refractivity contribution in [3.63, 3.8) is 0 Å². The van der Waals surface area contributed by atoms with Crippen LogP contribution in [0.25, 0.3) is 0 Å². The van der Waals surface area contributed by atoms with Crippen LogP contribution in [-0.4, -0.2) is 25.4 Å². The number of carbonyl (C=O) groups is 1. The summed E-state index contributed by atoms with van der Waals surface area (Å²) in [6.07, 6.45) is 0.764. The summed E-state index contributed by atoms with van der Waals surface area (Å²) in [5.74, 6) is -0.268. The first-order valence-corrected chi connectivity index (χ1v) is 6.96. The van der Waals surface area contributed by atoms with Crippen molar-refractivity contribution < 1.29 is 9.90 Å². The largest absolute Gasteiger partial charge is 0.478 e. The Morgan fingerprint density at radius 2 is 2.28 bits per heavy atom. The van der Waals surface area contributed by atoms with Crippen LogP contribution in [0.3, 0.4) is 0 Å². The van der Waals surface area contributed by atoms with E-state index in [1.165, 1.54) is 35.4 Å². The molecule has 2 heterocycles. The van der Waals surface area contributed by atoms with E-state index in [1.54, 1.807) is 0 Å². The van der Waals surface area contributed by atoms with Gasteiger partial charge in [0.15, 0.2) is 4.34 Å². The van der Waals surface area contributed by atoms with Crippen LogP contribution in [0.1, 0.15) is 23.1 Å². The lowest BCUT2D eigenvalue weighted by atomic mass is 10.3. The molecule has 0 amide bonds. The molecule has 0 saturated carbocycles. The molecule has 94 valence electrons. The number of carboxylic acids is 1. The summed E-state index contributed by atoms with van der Waals surface area (Å²) < 4.78 is 4.86. The summed E-state index contributed by atoms with van der Waals surface area (Å²) in [7, 11) is 0. The molecule has 0 bridgehead atoms. The fourth-order valence-corrected chi connectivity index (χ4v) is 3.10. The summed E-state index contributed by atoms with van der Waals surface area (Å²) >= 11 is 8.29. The Hall–Kier alpha value is -1.18. The summed E-state index contributed by atoms with van der Waals surface area (Å²) in [6, 6.07) is 2.78. The van der Waals surface area contributed by atoms with Crippen LogP contribution in [0, 0.1) is 0 Å². The van der Waals surface area contributed by atoms with Crippen LogP contribution in [0.15, 0.2) is 21.5 Å². The van der Waals surface area contributed by atoms with Gasteiger partial charge in [-0.1, -0.05) is 18.5 Å². The smallest absolute Gasteiger partial charge is 0.335 e. The number of pyridine rings is 1. The molecule has 0 saturated heterocycles. The first-order chi connectivity index (χ1) is 8.58. The highest BCUT2D eigenvalue weighted by molar-refractivity contribution is 8.00. The minimum absolute atomic E-state index is 0.109. The van der Waals surface area contributed by atoms with E-state index in [1.807, 2.05) is 6.92 Å². The quantitative estimate of drug-likeness (QED) is 0.875. The number of carboxylic acid groups (broad SMARTS) is 1. The van der Waals surface area contributed by atoms with Crippen LogP contribution in [0.4, 0.5) is 0 Å². The number of rotatable bonds is 4. The molecule has 5 nitrogen and oxygen atoms in total. The third kappa shape index (κ3) is 3.18. The SMILES string of the molecule is CCc1nsc(Sc2cc(C(=O)O)cc(Cl)n2)n1. The van der Waals surface area contributed by atoms with Crippen molar-refractivity contribution in [2.24, 2.45) is 0 Å². The number of aromatic nitrogens is 3. The number of hydrogen-bond acceptors (Lipinski definition) is 6. The number of aromatic carboxylic acids is 1. The average molecular weight is 302 g/mol. The minimum Gasteiger partial charge on any atom is -0.478 e. The third-order valence-corrected chi connectivity index (χ3v) is 3.88. The standard InChI is InChI=1S/C10H8ClN3O2S2/c1-2-7-13-10(18-14-7)17-8-4-5(9(15)16)3-6(11)12-8/h3-4H,2H2,1H3,(H,15,16). The van der Waals surface area contributed by atoms with Gasteiger partial charge in [-0.05, 0) is 35.4 Å². The van der Waals surface area contributed by atoms with E-state index in [4.69, 9.17) is 16.7 Å². The summed E-state index contributed by atoms with van der Waals surface area (Å²) in [6.45, 7) is 1.97. The lowest BCUT2D eigenvalue weighted by Gasteiger charge is -2.00. The number of hydrogen-bond donors (Lipinski definition) is 1. The molecular formula is C10H8ClN3O2S2. The number of halogens is 1. The molecule has 0 aliphatic carbocycles. The van der Waals surface area contributed by atoms with Gasteiger partial charge >= 0.3 is 5.97 Å². The Kier molecular flexibility index (Phi) is 4.15. The predicted octanol–water partition coefficient (Wildman–Crippen LogP) is 3.00. The Morgan fingerprint density at radius 3 is 2.89 bits per heavy atom.